The van der Waals surface area contributed by atoms with Crippen molar-refractivity contribution < 1.29 is 4.79 Å². The quantitative estimate of drug-likeness (QED) is 0.405. The van der Waals surface area contributed by atoms with Gasteiger partial charge in [-0.15, -0.1) is 0 Å². The summed E-state index contributed by atoms with van der Waals surface area (Å²) in [5.41, 5.74) is 3.00. The molecule has 1 amide bonds. The molecule has 28 heavy (non-hydrogen) atoms. The first-order valence-electron chi connectivity index (χ1n) is 9.49. The van der Waals surface area contributed by atoms with E-state index in [1.165, 1.54) is 5.56 Å². The van der Waals surface area contributed by atoms with Gasteiger partial charge in [0.2, 0.25) is 0 Å². The van der Waals surface area contributed by atoms with Crippen LogP contribution in [0.4, 0.5) is 0 Å². The molecule has 0 aliphatic rings. The average molecular weight is 401 g/mol. The van der Waals surface area contributed by atoms with E-state index in [2.05, 4.69) is 21.7 Å². The van der Waals surface area contributed by atoms with Gasteiger partial charge in [0.15, 0.2) is 5.96 Å². The molecular formula is C22H29ClN4O. The zero-order valence-corrected chi connectivity index (χ0v) is 17.6. The van der Waals surface area contributed by atoms with Crippen LogP contribution in [0.2, 0.25) is 5.02 Å². The standard InChI is InChI=1S/C22H29ClN4O/c1-24-22(25-14-7-11-18-9-4-5-12-20(18)23)26-15-13-17-8-6-10-19(16-17)21(28)27(2)3/h4-6,8-10,12,16H,7,11,13-15H2,1-3H3,(H2,24,25,26). The number of carbonyl (C=O) groups excluding carboxylic acids is 1. The van der Waals surface area contributed by atoms with E-state index in [1.807, 2.05) is 42.5 Å². The van der Waals surface area contributed by atoms with Crippen molar-refractivity contribution in [1.29, 1.82) is 0 Å². The molecule has 0 unspecified atom stereocenters. The van der Waals surface area contributed by atoms with Crippen molar-refractivity contribution in [2.24, 2.45) is 4.99 Å². The van der Waals surface area contributed by atoms with Crippen molar-refractivity contribution in [1.82, 2.24) is 15.5 Å². The second-order valence-corrected chi connectivity index (χ2v) is 7.18. The average Bonchev–Trinajstić information content (AvgIpc) is 2.70. The molecule has 0 heterocycles. The Bertz CT molecular complexity index is 805. The fraction of sp³-hybridized carbons (Fsp3) is 0.364. The lowest BCUT2D eigenvalue weighted by molar-refractivity contribution is 0.0827. The number of guanidine groups is 1. The van der Waals surface area contributed by atoms with Crippen LogP contribution >= 0.6 is 11.6 Å². The number of rotatable bonds is 8. The van der Waals surface area contributed by atoms with Gasteiger partial charge in [-0.2, -0.15) is 0 Å². The smallest absolute Gasteiger partial charge is 0.253 e. The van der Waals surface area contributed by atoms with Crippen LogP contribution in [0.5, 0.6) is 0 Å². The Morgan fingerprint density at radius 2 is 1.79 bits per heavy atom. The number of benzene rings is 2. The van der Waals surface area contributed by atoms with Crippen molar-refractivity contribution in [3.05, 3.63) is 70.2 Å². The molecule has 0 bridgehead atoms. The van der Waals surface area contributed by atoms with Crippen LogP contribution in [-0.2, 0) is 12.8 Å². The summed E-state index contributed by atoms with van der Waals surface area (Å²) in [7, 11) is 5.29. The fourth-order valence-corrected chi connectivity index (χ4v) is 3.08. The molecule has 0 fully saturated rings. The molecule has 0 aliphatic heterocycles. The molecule has 0 spiro atoms. The van der Waals surface area contributed by atoms with Crippen LogP contribution in [0.25, 0.3) is 0 Å². The molecule has 0 radical (unpaired) electrons. The van der Waals surface area contributed by atoms with E-state index in [9.17, 15) is 4.79 Å². The highest BCUT2D eigenvalue weighted by atomic mass is 35.5. The van der Waals surface area contributed by atoms with Crippen molar-refractivity contribution in [2.75, 3.05) is 34.2 Å². The minimum absolute atomic E-state index is 0.0193. The van der Waals surface area contributed by atoms with Gasteiger partial charge < -0.3 is 15.5 Å². The number of nitrogens with one attached hydrogen (secondary N) is 2. The maximum atomic E-state index is 12.1. The largest absolute Gasteiger partial charge is 0.356 e. The summed E-state index contributed by atoms with van der Waals surface area (Å²) in [4.78, 5) is 17.9. The topological polar surface area (TPSA) is 56.7 Å². The first-order chi connectivity index (χ1) is 13.5. The second-order valence-electron chi connectivity index (χ2n) is 6.77. The van der Waals surface area contributed by atoms with E-state index in [0.717, 1.165) is 48.9 Å². The Morgan fingerprint density at radius 1 is 1.04 bits per heavy atom. The highest BCUT2D eigenvalue weighted by Gasteiger charge is 2.08. The summed E-state index contributed by atoms with van der Waals surface area (Å²) in [5.74, 6) is 0.797. The number of carbonyl (C=O) groups is 1. The molecule has 150 valence electrons. The van der Waals surface area contributed by atoms with E-state index in [0.29, 0.717) is 5.56 Å². The van der Waals surface area contributed by atoms with Gasteiger partial charge in [0.25, 0.3) is 5.91 Å². The summed E-state index contributed by atoms with van der Waals surface area (Å²) in [6.45, 7) is 1.56. The Labute approximate surface area is 172 Å². The highest BCUT2D eigenvalue weighted by molar-refractivity contribution is 6.31. The summed E-state index contributed by atoms with van der Waals surface area (Å²) >= 11 is 6.19. The molecule has 2 aromatic rings. The molecule has 0 atom stereocenters. The first-order valence-corrected chi connectivity index (χ1v) is 9.87. The zero-order chi connectivity index (χ0) is 20.4. The zero-order valence-electron chi connectivity index (χ0n) is 16.8. The molecule has 5 nitrogen and oxygen atoms in total. The minimum atomic E-state index is 0.0193. The Hall–Kier alpha value is -2.53. The van der Waals surface area contributed by atoms with Crippen molar-refractivity contribution in [2.45, 2.75) is 19.3 Å². The highest BCUT2D eigenvalue weighted by Crippen LogP contribution is 2.16. The lowest BCUT2D eigenvalue weighted by Crippen LogP contribution is -2.38. The third-order valence-corrected chi connectivity index (χ3v) is 4.75. The lowest BCUT2D eigenvalue weighted by Gasteiger charge is -2.13. The third-order valence-electron chi connectivity index (χ3n) is 4.38. The van der Waals surface area contributed by atoms with Gasteiger partial charge in [-0.25, -0.2) is 0 Å². The molecule has 0 saturated carbocycles. The number of hydrogen-bond acceptors (Lipinski definition) is 2. The summed E-state index contributed by atoms with van der Waals surface area (Å²) < 4.78 is 0. The Kier molecular flexibility index (Phi) is 8.82. The molecule has 2 rings (SSSR count). The van der Waals surface area contributed by atoms with Gasteiger partial charge in [0, 0.05) is 44.8 Å². The number of aliphatic imine (C=N–C) groups is 1. The van der Waals surface area contributed by atoms with Gasteiger partial charge in [-0.05, 0) is 48.6 Å². The summed E-state index contributed by atoms with van der Waals surface area (Å²) in [6, 6.07) is 15.7. The minimum Gasteiger partial charge on any atom is -0.356 e. The normalized spacial score (nSPS) is 11.2. The molecule has 0 saturated heterocycles. The van der Waals surface area contributed by atoms with Gasteiger partial charge in [-0.1, -0.05) is 41.9 Å². The number of aryl methyl sites for hydroxylation is 1. The maximum Gasteiger partial charge on any atom is 0.253 e. The van der Waals surface area contributed by atoms with Crippen LogP contribution in [0, 0.1) is 0 Å². The van der Waals surface area contributed by atoms with E-state index in [1.54, 1.807) is 26.0 Å². The van der Waals surface area contributed by atoms with Crippen LogP contribution < -0.4 is 10.6 Å². The molecule has 0 aliphatic carbocycles. The van der Waals surface area contributed by atoms with Gasteiger partial charge in [0.05, 0.1) is 0 Å². The fourth-order valence-electron chi connectivity index (χ4n) is 2.85. The first kappa shape index (κ1) is 21.8. The van der Waals surface area contributed by atoms with Crippen LogP contribution in [0.3, 0.4) is 0 Å². The van der Waals surface area contributed by atoms with Gasteiger partial charge >= 0.3 is 0 Å². The predicted octanol–water partition coefficient (Wildman–Crippen LogP) is 3.38. The van der Waals surface area contributed by atoms with E-state index in [4.69, 9.17) is 11.6 Å². The van der Waals surface area contributed by atoms with Crippen LogP contribution in [0.15, 0.2) is 53.5 Å². The number of amides is 1. The maximum absolute atomic E-state index is 12.1. The molecule has 6 heteroatoms. The van der Waals surface area contributed by atoms with Crippen LogP contribution in [0.1, 0.15) is 27.9 Å². The molecular weight excluding hydrogens is 372 g/mol. The molecule has 2 N–H and O–H groups in total. The SMILES string of the molecule is CN=C(NCCCc1ccccc1Cl)NCCc1cccc(C(=O)N(C)C)c1. The monoisotopic (exact) mass is 400 g/mol. The van der Waals surface area contributed by atoms with Crippen molar-refractivity contribution >= 4 is 23.5 Å². The lowest BCUT2D eigenvalue weighted by atomic mass is 10.1. The van der Waals surface area contributed by atoms with E-state index >= 15 is 0 Å². The van der Waals surface area contributed by atoms with E-state index < -0.39 is 0 Å². The van der Waals surface area contributed by atoms with Gasteiger partial charge in [-0.3, -0.25) is 9.79 Å². The summed E-state index contributed by atoms with van der Waals surface area (Å²) in [5, 5.41) is 7.46. The number of hydrogen-bond donors (Lipinski definition) is 2. The Morgan fingerprint density at radius 3 is 2.50 bits per heavy atom. The van der Waals surface area contributed by atoms with E-state index in [-0.39, 0.29) is 5.91 Å². The second kappa shape index (κ2) is 11.3. The Balaban J connectivity index is 1.73. The third kappa shape index (κ3) is 6.89. The molecule has 0 aromatic heterocycles. The number of nitrogens with zero attached hydrogens (tertiary/aromatic N) is 2. The van der Waals surface area contributed by atoms with Crippen molar-refractivity contribution in [3.8, 4) is 0 Å². The number of halogens is 1. The predicted molar refractivity (Wildman–Crippen MR) is 117 cm³/mol. The summed E-state index contributed by atoms with van der Waals surface area (Å²) in [6.07, 6.45) is 2.71. The van der Waals surface area contributed by atoms with Crippen molar-refractivity contribution in [3.63, 3.8) is 0 Å². The molecule has 2 aromatic carbocycles. The van der Waals surface area contributed by atoms with Crippen LogP contribution in [-0.4, -0.2) is 51.0 Å². The van der Waals surface area contributed by atoms with Gasteiger partial charge in [0.1, 0.15) is 0 Å².